The lowest BCUT2D eigenvalue weighted by molar-refractivity contribution is 0.0949. The zero-order chi connectivity index (χ0) is 15.6. The van der Waals surface area contributed by atoms with E-state index in [0.29, 0.717) is 0 Å². The number of carbonyl (C=O) groups excluding carboxylic acids is 1. The first-order chi connectivity index (χ1) is 9.88. The van der Waals surface area contributed by atoms with Crippen molar-refractivity contribution in [3.8, 4) is 0 Å². The van der Waals surface area contributed by atoms with Crippen molar-refractivity contribution in [3.05, 3.63) is 64.7 Å². The predicted octanol–water partition coefficient (Wildman–Crippen LogP) is 2.76. The van der Waals surface area contributed by atoms with E-state index < -0.39 is 34.9 Å². The number of carbonyl (C=O) groups is 1. The first-order valence-corrected chi connectivity index (χ1v) is 5.85. The van der Waals surface area contributed by atoms with Gasteiger partial charge in [0.05, 0.1) is 0 Å². The summed E-state index contributed by atoms with van der Waals surface area (Å²) in [4.78, 5) is 11.7. The second-order valence-electron chi connectivity index (χ2n) is 4.27. The van der Waals surface area contributed by atoms with Crippen molar-refractivity contribution >= 4 is 11.6 Å². The number of rotatable bonds is 3. The maximum Gasteiger partial charge on any atom is 0.251 e. The molecule has 3 nitrogen and oxygen atoms in total. The van der Waals surface area contributed by atoms with Gasteiger partial charge in [0, 0.05) is 17.7 Å². The van der Waals surface area contributed by atoms with Crippen LogP contribution in [0, 0.1) is 23.3 Å². The molecule has 0 bridgehead atoms. The van der Waals surface area contributed by atoms with Crippen molar-refractivity contribution in [1.29, 1.82) is 0 Å². The highest BCUT2D eigenvalue weighted by atomic mass is 19.1. The smallest absolute Gasteiger partial charge is 0.251 e. The van der Waals surface area contributed by atoms with E-state index in [-0.39, 0.29) is 17.7 Å². The number of nitrogens with one attached hydrogen (secondary N) is 1. The third-order valence-corrected chi connectivity index (χ3v) is 2.79. The lowest BCUT2D eigenvalue weighted by Gasteiger charge is -2.08. The molecule has 21 heavy (non-hydrogen) atoms. The number of hydrogen-bond donors (Lipinski definition) is 2. The summed E-state index contributed by atoms with van der Waals surface area (Å²) in [7, 11) is 0. The molecule has 0 atom stereocenters. The van der Waals surface area contributed by atoms with Gasteiger partial charge in [-0.2, -0.15) is 0 Å². The maximum absolute atomic E-state index is 13.3. The molecule has 0 aliphatic rings. The second-order valence-corrected chi connectivity index (χ2v) is 4.27. The van der Waals surface area contributed by atoms with Crippen molar-refractivity contribution in [2.75, 3.05) is 5.73 Å². The summed E-state index contributed by atoms with van der Waals surface area (Å²) >= 11 is 0. The highest BCUT2D eigenvalue weighted by Crippen LogP contribution is 2.17. The van der Waals surface area contributed by atoms with Crippen molar-refractivity contribution in [1.82, 2.24) is 5.32 Å². The SMILES string of the molecule is Nc1c(F)cc(C(=O)NCc2cc(F)ccc2F)cc1F. The van der Waals surface area contributed by atoms with E-state index in [9.17, 15) is 22.4 Å². The fraction of sp³-hybridized carbons (Fsp3) is 0.0714. The average Bonchev–Trinajstić information content (AvgIpc) is 2.44. The van der Waals surface area contributed by atoms with Crippen LogP contribution in [0.3, 0.4) is 0 Å². The number of halogens is 4. The summed E-state index contributed by atoms with van der Waals surface area (Å²) in [5.41, 5.74) is 3.99. The Hall–Kier alpha value is -2.57. The summed E-state index contributed by atoms with van der Waals surface area (Å²) in [5, 5.41) is 2.24. The van der Waals surface area contributed by atoms with Crippen LogP contribution < -0.4 is 11.1 Å². The third-order valence-electron chi connectivity index (χ3n) is 2.79. The first-order valence-electron chi connectivity index (χ1n) is 5.85. The molecule has 0 saturated carbocycles. The van der Waals surface area contributed by atoms with Crippen LogP contribution in [0.2, 0.25) is 0 Å². The number of hydrogen-bond acceptors (Lipinski definition) is 2. The van der Waals surface area contributed by atoms with Gasteiger partial charge in [-0.15, -0.1) is 0 Å². The van der Waals surface area contributed by atoms with E-state index in [0.717, 1.165) is 30.3 Å². The summed E-state index contributed by atoms with van der Waals surface area (Å²) in [6.45, 7) is -0.323. The minimum Gasteiger partial charge on any atom is -0.394 e. The first kappa shape index (κ1) is 14.8. The van der Waals surface area contributed by atoms with Crippen LogP contribution in [-0.4, -0.2) is 5.91 Å². The molecule has 2 aromatic rings. The standard InChI is InChI=1S/C14H10F4N2O/c15-9-1-2-10(16)8(3-9)6-20-14(21)7-4-11(17)13(19)12(18)5-7/h1-5H,6,19H2,(H,20,21). The molecule has 2 rings (SSSR count). The Morgan fingerprint density at radius 3 is 2.24 bits per heavy atom. The number of benzene rings is 2. The molecule has 0 unspecified atom stereocenters. The Labute approximate surface area is 117 Å². The van der Waals surface area contributed by atoms with Gasteiger partial charge in [-0.25, -0.2) is 17.6 Å². The van der Waals surface area contributed by atoms with Crippen LogP contribution in [0.15, 0.2) is 30.3 Å². The molecule has 0 aliphatic heterocycles. The van der Waals surface area contributed by atoms with Gasteiger partial charge >= 0.3 is 0 Å². The number of anilines is 1. The molecule has 0 heterocycles. The molecule has 0 fully saturated rings. The van der Waals surface area contributed by atoms with Crippen LogP contribution >= 0.6 is 0 Å². The van der Waals surface area contributed by atoms with Gasteiger partial charge in [0.1, 0.15) is 29.0 Å². The van der Waals surface area contributed by atoms with Crippen LogP contribution in [0.5, 0.6) is 0 Å². The molecule has 0 aliphatic carbocycles. The molecule has 0 radical (unpaired) electrons. The molecule has 0 spiro atoms. The molecule has 0 saturated heterocycles. The van der Waals surface area contributed by atoms with Gasteiger partial charge in [0.2, 0.25) is 0 Å². The van der Waals surface area contributed by atoms with Crippen LogP contribution in [-0.2, 0) is 6.54 Å². The van der Waals surface area contributed by atoms with E-state index >= 15 is 0 Å². The number of nitrogens with two attached hydrogens (primary N) is 1. The van der Waals surface area contributed by atoms with Gasteiger partial charge in [0.25, 0.3) is 5.91 Å². The minimum atomic E-state index is -1.07. The Kier molecular flexibility index (Phi) is 4.11. The zero-order valence-corrected chi connectivity index (χ0v) is 10.6. The van der Waals surface area contributed by atoms with Crippen molar-refractivity contribution in [3.63, 3.8) is 0 Å². The number of nitrogen functional groups attached to an aromatic ring is 1. The monoisotopic (exact) mass is 298 g/mol. The molecule has 2 aromatic carbocycles. The van der Waals surface area contributed by atoms with Crippen molar-refractivity contribution in [2.45, 2.75) is 6.54 Å². The van der Waals surface area contributed by atoms with Crippen LogP contribution in [0.25, 0.3) is 0 Å². The highest BCUT2D eigenvalue weighted by Gasteiger charge is 2.13. The lowest BCUT2D eigenvalue weighted by Crippen LogP contribution is -2.24. The lowest BCUT2D eigenvalue weighted by atomic mass is 10.1. The van der Waals surface area contributed by atoms with E-state index in [1.807, 2.05) is 0 Å². The Balaban J connectivity index is 2.13. The third kappa shape index (κ3) is 3.31. The normalized spacial score (nSPS) is 10.5. The topological polar surface area (TPSA) is 55.1 Å². The predicted molar refractivity (Wildman–Crippen MR) is 68.3 cm³/mol. The molecule has 110 valence electrons. The van der Waals surface area contributed by atoms with Gasteiger partial charge < -0.3 is 11.1 Å². The zero-order valence-electron chi connectivity index (χ0n) is 10.6. The van der Waals surface area contributed by atoms with E-state index in [4.69, 9.17) is 5.73 Å². The quantitative estimate of drug-likeness (QED) is 0.676. The van der Waals surface area contributed by atoms with Gasteiger partial charge in [-0.1, -0.05) is 0 Å². The van der Waals surface area contributed by atoms with Crippen LogP contribution in [0.1, 0.15) is 15.9 Å². The molecule has 1 amide bonds. The largest absolute Gasteiger partial charge is 0.394 e. The van der Waals surface area contributed by atoms with Crippen molar-refractivity contribution in [2.24, 2.45) is 0 Å². The summed E-state index contributed by atoms with van der Waals surface area (Å²) in [6.07, 6.45) is 0. The Bertz CT molecular complexity index is 680. The molecule has 7 heteroatoms. The summed E-state index contributed by atoms with van der Waals surface area (Å²) in [5.74, 6) is -4.35. The number of amides is 1. The fourth-order valence-electron chi connectivity index (χ4n) is 1.67. The van der Waals surface area contributed by atoms with Crippen molar-refractivity contribution < 1.29 is 22.4 Å². The highest BCUT2D eigenvalue weighted by molar-refractivity contribution is 5.94. The Morgan fingerprint density at radius 2 is 1.62 bits per heavy atom. The second kappa shape index (κ2) is 5.82. The van der Waals surface area contributed by atoms with E-state index in [2.05, 4.69) is 5.32 Å². The minimum absolute atomic E-state index is 0.0836. The summed E-state index contributed by atoms with van der Waals surface area (Å²) in [6, 6.07) is 4.29. The van der Waals surface area contributed by atoms with Crippen LogP contribution in [0.4, 0.5) is 23.2 Å². The van der Waals surface area contributed by atoms with Gasteiger partial charge in [-0.05, 0) is 30.3 Å². The summed E-state index contributed by atoms with van der Waals surface area (Å²) < 4.78 is 52.8. The average molecular weight is 298 g/mol. The van der Waals surface area contributed by atoms with Gasteiger partial charge in [-0.3, -0.25) is 4.79 Å². The molecular formula is C14H10F4N2O. The van der Waals surface area contributed by atoms with E-state index in [1.165, 1.54) is 0 Å². The van der Waals surface area contributed by atoms with E-state index in [1.54, 1.807) is 0 Å². The maximum atomic E-state index is 13.3. The molecular weight excluding hydrogens is 288 g/mol. The molecule has 3 N–H and O–H groups in total. The Morgan fingerprint density at radius 1 is 1.00 bits per heavy atom. The fourth-order valence-corrected chi connectivity index (χ4v) is 1.67. The van der Waals surface area contributed by atoms with Gasteiger partial charge in [0.15, 0.2) is 0 Å². The molecule has 0 aromatic heterocycles.